The van der Waals surface area contributed by atoms with Crippen LogP contribution in [-0.4, -0.2) is 33.5 Å². The van der Waals surface area contributed by atoms with E-state index in [1.807, 2.05) is 45.9 Å². The maximum atomic E-state index is 14.1. The van der Waals surface area contributed by atoms with E-state index in [1.165, 1.54) is 22.8 Å². The molecule has 0 spiro atoms. The Morgan fingerprint density at radius 2 is 1.84 bits per heavy atom. The number of aromatic nitrogens is 2. The van der Waals surface area contributed by atoms with Gasteiger partial charge in [0, 0.05) is 17.7 Å². The molecular weight excluding hydrogens is 489 g/mol. The number of amides is 1. The highest BCUT2D eigenvalue weighted by molar-refractivity contribution is 7.99. The van der Waals surface area contributed by atoms with Gasteiger partial charge in [-0.25, -0.2) is 9.37 Å². The molecule has 0 aliphatic rings. The molecule has 4 aromatic rings. The molecule has 3 aromatic carbocycles. The monoisotopic (exact) mass is 517 g/mol. The summed E-state index contributed by atoms with van der Waals surface area (Å²) in [5, 5.41) is 3.39. The normalized spacial score (nSPS) is 11.2. The van der Waals surface area contributed by atoms with Crippen molar-refractivity contribution < 1.29 is 14.0 Å². The summed E-state index contributed by atoms with van der Waals surface area (Å²) in [5.74, 6) is -0.534. The second-order valence-electron chi connectivity index (χ2n) is 9.38. The second kappa shape index (κ2) is 11.1. The van der Waals surface area contributed by atoms with Crippen LogP contribution >= 0.6 is 11.8 Å². The zero-order chi connectivity index (χ0) is 26.7. The van der Waals surface area contributed by atoms with Crippen molar-refractivity contribution in [2.24, 2.45) is 5.92 Å². The number of ketones is 1. The molecular formula is C29H28FN3O3S. The van der Waals surface area contributed by atoms with Gasteiger partial charge in [0.15, 0.2) is 10.9 Å². The lowest BCUT2D eigenvalue weighted by Crippen LogP contribution is -2.27. The molecule has 37 heavy (non-hydrogen) atoms. The Hall–Kier alpha value is -3.78. The minimum atomic E-state index is -0.496. The molecule has 0 aliphatic heterocycles. The Kier molecular flexibility index (Phi) is 7.88. The van der Waals surface area contributed by atoms with Crippen LogP contribution in [0.25, 0.3) is 16.6 Å². The Bertz CT molecular complexity index is 1560. The number of nitrogens with zero attached hydrogens (tertiary/aromatic N) is 2. The first-order valence-corrected chi connectivity index (χ1v) is 13.0. The van der Waals surface area contributed by atoms with Gasteiger partial charge in [-0.1, -0.05) is 49.4 Å². The Balaban J connectivity index is 1.77. The number of halogens is 1. The predicted octanol–water partition coefficient (Wildman–Crippen LogP) is 5.50. The standard InChI is InChI=1S/C29H28FN3O3S/c1-17(2)15-31-27(35)20-10-11-23-25(13-20)32-29(33(28(23)36)22-7-5-6-21(30)14-22)37-16-26(34)24-12-18(3)8-9-19(24)4/h5-14,17H,15-16H2,1-4H3,(H,31,35). The van der Waals surface area contributed by atoms with E-state index in [9.17, 15) is 18.8 Å². The van der Waals surface area contributed by atoms with Gasteiger partial charge < -0.3 is 5.32 Å². The van der Waals surface area contributed by atoms with E-state index >= 15 is 0 Å². The van der Waals surface area contributed by atoms with Gasteiger partial charge in [-0.15, -0.1) is 0 Å². The van der Waals surface area contributed by atoms with E-state index in [2.05, 4.69) is 10.3 Å². The van der Waals surface area contributed by atoms with Crippen LogP contribution < -0.4 is 10.9 Å². The molecule has 1 amide bonds. The van der Waals surface area contributed by atoms with Gasteiger partial charge >= 0.3 is 0 Å². The Morgan fingerprint density at radius 3 is 2.57 bits per heavy atom. The molecule has 0 unspecified atom stereocenters. The Labute approximate surface area is 218 Å². The smallest absolute Gasteiger partial charge is 0.266 e. The minimum absolute atomic E-state index is 0.0339. The number of benzene rings is 3. The molecule has 1 aromatic heterocycles. The van der Waals surface area contributed by atoms with Crippen LogP contribution in [0.4, 0.5) is 4.39 Å². The third-order valence-corrected chi connectivity index (χ3v) is 6.80. The highest BCUT2D eigenvalue weighted by atomic mass is 32.2. The minimum Gasteiger partial charge on any atom is -0.352 e. The van der Waals surface area contributed by atoms with Crippen LogP contribution in [0.3, 0.4) is 0 Å². The molecule has 0 radical (unpaired) electrons. The van der Waals surface area contributed by atoms with Gasteiger partial charge in [0.25, 0.3) is 11.5 Å². The van der Waals surface area contributed by atoms with Gasteiger partial charge in [-0.3, -0.25) is 19.0 Å². The molecule has 0 aliphatic carbocycles. The average molecular weight is 518 g/mol. The lowest BCUT2D eigenvalue weighted by molar-refractivity contribution is 0.0948. The van der Waals surface area contributed by atoms with Gasteiger partial charge in [-0.2, -0.15) is 0 Å². The first-order chi connectivity index (χ1) is 17.6. The van der Waals surface area contributed by atoms with Gasteiger partial charge in [0.2, 0.25) is 0 Å². The van der Waals surface area contributed by atoms with Crippen molar-refractivity contribution in [3.8, 4) is 5.69 Å². The summed E-state index contributed by atoms with van der Waals surface area (Å²) in [6, 6.07) is 16.1. The molecule has 6 nitrogen and oxygen atoms in total. The summed E-state index contributed by atoms with van der Waals surface area (Å²) in [4.78, 5) is 43.9. The molecule has 0 bridgehead atoms. The van der Waals surface area contributed by atoms with E-state index in [4.69, 9.17) is 0 Å². The van der Waals surface area contributed by atoms with Gasteiger partial charge in [-0.05, 0) is 67.8 Å². The lowest BCUT2D eigenvalue weighted by Gasteiger charge is -2.14. The summed E-state index contributed by atoms with van der Waals surface area (Å²) in [5.41, 5.74) is 3.05. The van der Waals surface area contributed by atoms with Crippen LogP contribution in [0.2, 0.25) is 0 Å². The molecule has 8 heteroatoms. The number of carbonyl (C=O) groups is 2. The zero-order valence-electron chi connectivity index (χ0n) is 21.2. The fourth-order valence-electron chi connectivity index (χ4n) is 3.89. The van der Waals surface area contributed by atoms with Crippen molar-refractivity contribution in [2.45, 2.75) is 32.9 Å². The zero-order valence-corrected chi connectivity index (χ0v) is 22.0. The molecule has 4 rings (SSSR count). The Morgan fingerprint density at radius 1 is 1.05 bits per heavy atom. The van der Waals surface area contributed by atoms with Crippen LogP contribution in [-0.2, 0) is 0 Å². The molecule has 1 N–H and O–H groups in total. The SMILES string of the molecule is Cc1ccc(C)c(C(=O)CSc2nc3cc(C(=O)NCC(C)C)ccc3c(=O)n2-c2cccc(F)c2)c1. The highest BCUT2D eigenvalue weighted by Crippen LogP contribution is 2.24. The summed E-state index contributed by atoms with van der Waals surface area (Å²) in [6.45, 7) is 8.32. The summed E-state index contributed by atoms with van der Waals surface area (Å²) in [7, 11) is 0. The summed E-state index contributed by atoms with van der Waals surface area (Å²) >= 11 is 1.10. The summed E-state index contributed by atoms with van der Waals surface area (Å²) in [6.07, 6.45) is 0. The first kappa shape index (κ1) is 26.3. The third-order valence-electron chi connectivity index (χ3n) is 5.86. The fourth-order valence-corrected chi connectivity index (χ4v) is 4.79. The van der Waals surface area contributed by atoms with E-state index < -0.39 is 11.4 Å². The molecule has 1 heterocycles. The van der Waals surface area contributed by atoms with Gasteiger partial charge in [0.1, 0.15) is 5.82 Å². The number of carbonyl (C=O) groups excluding carboxylic acids is 2. The number of Topliss-reactive ketones (excluding diaryl/α,β-unsaturated/α-hetero) is 1. The number of rotatable bonds is 8. The number of fused-ring (bicyclic) bond motifs is 1. The highest BCUT2D eigenvalue weighted by Gasteiger charge is 2.18. The van der Waals surface area contributed by atoms with Crippen molar-refractivity contribution in [1.82, 2.24) is 14.9 Å². The maximum absolute atomic E-state index is 14.1. The van der Waals surface area contributed by atoms with Crippen LogP contribution in [0.5, 0.6) is 0 Å². The number of thioether (sulfide) groups is 1. The molecule has 0 saturated heterocycles. The van der Waals surface area contributed by atoms with Crippen molar-refractivity contribution in [1.29, 1.82) is 0 Å². The number of aryl methyl sites for hydroxylation is 2. The lowest BCUT2D eigenvalue weighted by atomic mass is 10.0. The van der Waals surface area contributed by atoms with E-state index in [-0.39, 0.29) is 28.0 Å². The van der Waals surface area contributed by atoms with Crippen LogP contribution in [0.15, 0.2) is 70.6 Å². The molecule has 0 atom stereocenters. The predicted molar refractivity (Wildman–Crippen MR) is 145 cm³/mol. The van der Waals surface area contributed by atoms with Crippen molar-refractivity contribution in [3.05, 3.63) is 99.1 Å². The van der Waals surface area contributed by atoms with E-state index in [0.717, 1.165) is 22.9 Å². The van der Waals surface area contributed by atoms with Crippen molar-refractivity contribution >= 4 is 34.4 Å². The fraction of sp³-hybridized carbons (Fsp3) is 0.241. The second-order valence-corrected chi connectivity index (χ2v) is 10.3. The third kappa shape index (κ3) is 5.97. The largest absolute Gasteiger partial charge is 0.352 e. The topological polar surface area (TPSA) is 81.1 Å². The molecule has 190 valence electrons. The van der Waals surface area contributed by atoms with E-state index in [1.54, 1.807) is 24.3 Å². The van der Waals surface area contributed by atoms with Gasteiger partial charge in [0.05, 0.1) is 22.3 Å². The first-order valence-electron chi connectivity index (χ1n) is 12.0. The number of hydrogen-bond donors (Lipinski definition) is 1. The maximum Gasteiger partial charge on any atom is 0.266 e. The van der Waals surface area contributed by atoms with E-state index in [0.29, 0.717) is 34.8 Å². The molecule has 0 saturated carbocycles. The number of nitrogens with one attached hydrogen (secondary N) is 1. The van der Waals surface area contributed by atoms with Crippen molar-refractivity contribution in [2.75, 3.05) is 12.3 Å². The quantitative estimate of drug-likeness (QED) is 0.190. The molecule has 0 fully saturated rings. The number of hydrogen-bond acceptors (Lipinski definition) is 5. The summed E-state index contributed by atoms with van der Waals surface area (Å²) < 4.78 is 15.4. The average Bonchev–Trinajstić information content (AvgIpc) is 2.86. The van der Waals surface area contributed by atoms with Crippen LogP contribution in [0.1, 0.15) is 45.7 Å². The van der Waals surface area contributed by atoms with Crippen LogP contribution in [0, 0.1) is 25.6 Å². The van der Waals surface area contributed by atoms with Crippen molar-refractivity contribution in [3.63, 3.8) is 0 Å².